The first-order valence-electron chi connectivity index (χ1n) is 6.57. The molecule has 3 rings (SSSR count). The number of aromatic nitrogens is 1. The van der Waals surface area contributed by atoms with Gasteiger partial charge in [-0.1, -0.05) is 12.1 Å². The van der Waals surface area contributed by atoms with Gasteiger partial charge in [-0.05, 0) is 12.1 Å². The first kappa shape index (κ1) is 16.8. The molecule has 0 bridgehead atoms. The van der Waals surface area contributed by atoms with Crippen molar-refractivity contribution >= 4 is 34.8 Å². The van der Waals surface area contributed by atoms with Gasteiger partial charge in [-0.15, -0.1) is 23.7 Å². The Hall–Kier alpha value is -1.54. The number of amides is 1. The number of nitrogens with zero attached hydrogens (tertiary/aromatic N) is 1. The Kier molecular flexibility index (Phi) is 5.84. The lowest BCUT2D eigenvalue weighted by Gasteiger charge is -2.22. The molecule has 22 heavy (non-hydrogen) atoms. The second-order valence-corrected chi connectivity index (χ2v) is 5.46. The van der Waals surface area contributed by atoms with Crippen molar-refractivity contribution in [3.63, 3.8) is 0 Å². The number of morpholine rings is 1. The Morgan fingerprint density at radius 2 is 2.36 bits per heavy atom. The van der Waals surface area contributed by atoms with Crippen molar-refractivity contribution in [3.05, 3.63) is 35.5 Å². The highest BCUT2D eigenvalue weighted by Crippen LogP contribution is 2.25. The fraction of sp³-hybridized carbons (Fsp3) is 0.286. The van der Waals surface area contributed by atoms with Crippen LogP contribution in [-0.2, 0) is 9.53 Å². The van der Waals surface area contributed by atoms with E-state index in [0.717, 1.165) is 6.54 Å². The van der Waals surface area contributed by atoms with Gasteiger partial charge in [0.05, 0.1) is 12.3 Å². The minimum absolute atomic E-state index is 0. The summed E-state index contributed by atoms with van der Waals surface area (Å²) in [5, 5.41) is 8.08. The van der Waals surface area contributed by atoms with Gasteiger partial charge >= 0.3 is 0 Å². The molecule has 0 unspecified atom stereocenters. The number of thiazole rings is 1. The summed E-state index contributed by atoms with van der Waals surface area (Å²) in [6.45, 7) is 1.77. The standard InChI is InChI=1S/C14H14FN3O2S.ClH/c15-10-3-1-2-9(6-10)11-8-21-14(17-11)18-13(19)12-7-16-4-5-20-12;/h1-3,6,8,12,16H,4-5,7H2,(H,17,18,19);1H/t12-;/m1./s1. The SMILES string of the molecule is Cl.O=C(Nc1nc(-c2cccc(F)c2)cs1)[C@H]1CNCCO1. The molecule has 2 heterocycles. The van der Waals surface area contributed by atoms with E-state index >= 15 is 0 Å². The van der Waals surface area contributed by atoms with E-state index in [9.17, 15) is 9.18 Å². The second kappa shape index (κ2) is 7.64. The maximum Gasteiger partial charge on any atom is 0.256 e. The van der Waals surface area contributed by atoms with Crippen LogP contribution in [0.4, 0.5) is 9.52 Å². The largest absolute Gasteiger partial charge is 0.366 e. The van der Waals surface area contributed by atoms with Gasteiger partial charge in [-0.3, -0.25) is 10.1 Å². The molecule has 1 saturated heterocycles. The van der Waals surface area contributed by atoms with Gasteiger partial charge in [-0.25, -0.2) is 9.37 Å². The number of benzene rings is 1. The number of hydrogen-bond donors (Lipinski definition) is 2. The molecule has 1 aliphatic heterocycles. The zero-order valence-electron chi connectivity index (χ0n) is 11.5. The molecule has 1 fully saturated rings. The molecule has 1 atom stereocenters. The van der Waals surface area contributed by atoms with Crippen LogP contribution in [-0.4, -0.2) is 36.7 Å². The molecule has 0 radical (unpaired) electrons. The molecule has 8 heteroatoms. The predicted octanol–water partition coefficient (Wildman–Crippen LogP) is 2.30. The van der Waals surface area contributed by atoms with Crippen molar-refractivity contribution in [2.24, 2.45) is 0 Å². The number of carbonyl (C=O) groups excluding carboxylic acids is 1. The van der Waals surface area contributed by atoms with Crippen LogP contribution in [0.3, 0.4) is 0 Å². The van der Waals surface area contributed by atoms with E-state index in [2.05, 4.69) is 15.6 Å². The van der Waals surface area contributed by atoms with Crippen molar-refractivity contribution < 1.29 is 13.9 Å². The highest BCUT2D eigenvalue weighted by atomic mass is 35.5. The third-order valence-electron chi connectivity index (χ3n) is 3.07. The maximum atomic E-state index is 13.2. The van der Waals surface area contributed by atoms with Crippen LogP contribution in [0.5, 0.6) is 0 Å². The molecular weight excluding hydrogens is 329 g/mol. The molecule has 0 aliphatic carbocycles. The fourth-order valence-corrected chi connectivity index (χ4v) is 2.75. The first-order chi connectivity index (χ1) is 10.2. The van der Waals surface area contributed by atoms with Gasteiger partial charge in [-0.2, -0.15) is 0 Å². The average molecular weight is 344 g/mol. The molecular formula is C14H15ClFN3O2S. The van der Waals surface area contributed by atoms with Crippen molar-refractivity contribution in [2.75, 3.05) is 25.0 Å². The smallest absolute Gasteiger partial charge is 0.256 e. The second-order valence-electron chi connectivity index (χ2n) is 4.60. The third-order valence-corrected chi connectivity index (χ3v) is 3.83. The Labute approximate surface area is 137 Å². The molecule has 0 saturated carbocycles. The van der Waals surface area contributed by atoms with Crippen LogP contribution < -0.4 is 10.6 Å². The zero-order chi connectivity index (χ0) is 14.7. The normalized spacial score (nSPS) is 17.6. The number of halogens is 2. The van der Waals surface area contributed by atoms with Crippen molar-refractivity contribution in [1.82, 2.24) is 10.3 Å². The van der Waals surface area contributed by atoms with E-state index < -0.39 is 6.10 Å². The minimum atomic E-state index is -0.500. The minimum Gasteiger partial charge on any atom is -0.366 e. The number of hydrogen-bond acceptors (Lipinski definition) is 5. The lowest BCUT2D eigenvalue weighted by atomic mass is 10.2. The molecule has 2 N–H and O–H groups in total. The third kappa shape index (κ3) is 4.01. The van der Waals surface area contributed by atoms with Crippen molar-refractivity contribution in [3.8, 4) is 11.3 Å². The van der Waals surface area contributed by atoms with Crippen LogP contribution in [0.1, 0.15) is 0 Å². The van der Waals surface area contributed by atoms with E-state index in [-0.39, 0.29) is 24.1 Å². The quantitative estimate of drug-likeness (QED) is 0.897. The molecule has 1 aromatic carbocycles. The van der Waals surface area contributed by atoms with Gasteiger partial charge < -0.3 is 10.1 Å². The first-order valence-corrected chi connectivity index (χ1v) is 7.45. The molecule has 118 valence electrons. The monoisotopic (exact) mass is 343 g/mol. The maximum absolute atomic E-state index is 13.2. The summed E-state index contributed by atoms with van der Waals surface area (Å²) in [6.07, 6.45) is -0.500. The molecule has 5 nitrogen and oxygen atoms in total. The van der Waals surface area contributed by atoms with Gasteiger partial charge in [0.2, 0.25) is 0 Å². The number of rotatable bonds is 3. The zero-order valence-corrected chi connectivity index (χ0v) is 13.2. The number of nitrogens with one attached hydrogen (secondary N) is 2. The number of carbonyl (C=O) groups is 1. The molecule has 1 aliphatic rings. The van der Waals surface area contributed by atoms with E-state index in [0.29, 0.717) is 29.5 Å². The summed E-state index contributed by atoms with van der Waals surface area (Å²) in [7, 11) is 0. The van der Waals surface area contributed by atoms with E-state index in [1.54, 1.807) is 17.5 Å². The molecule has 2 aromatic rings. The lowest BCUT2D eigenvalue weighted by molar-refractivity contribution is -0.128. The Morgan fingerprint density at radius 1 is 1.50 bits per heavy atom. The van der Waals surface area contributed by atoms with E-state index in [1.807, 2.05) is 0 Å². The van der Waals surface area contributed by atoms with Crippen molar-refractivity contribution in [1.29, 1.82) is 0 Å². The van der Waals surface area contributed by atoms with Crippen molar-refractivity contribution in [2.45, 2.75) is 6.10 Å². The summed E-state index contributed by atoms with van der Waals surface area (Å²) in [4.78, 5) is 16.3. The summed E-state index contributed by atoms with van der Waals surface area (Å²) >= 11 is 1.30. The van der Waals surface area contributed by atoms with Gasteiger partial charge in [0.15, 0.2) is 5.13 Å². The van der Waals surface area contributed by atoms with Crippen LogP contribution in [0.15, 0.2) is 29.6 Å². The molecule has 1 amide bonds. The summed E-state index contributed by atoms with van der Waals surface area (Å²) in [5.74, 6) is -0.532. The summed E-state index contributed by atoms with van der Waals surface area (Å²) < 4.78 is 18.6. The lowest BCUT2D eigenvalue weighted by Crippen LogP contribution is -2.45. The van der Waals surface area contributed by atoms with E-state index in [1.165, 1.54) is 23.5 Å². The predicted molar refractivity (Wildman–Crippen MR) is 86.0 cm³/mol. The Morgan fingerprint density at radius 3 is 3.09 bits per heavy atom. The van der Waals surface area contributed by atoms with Gasteiger partial charge in [0.25, 0.3) is 5.91 Å². The fourth-order valence-electron chi connectivity index (χ4n) is 2.03. The number of ether oxygens (including phenoxy) is 1. The van der Waals surface area contributed by atoms with Gasteiger partial charge in [0.1, 0.15) is 11.9 Å². The highest BCUT2D eigenvalue weighted by molar-refractivity contribution is 7.14. The average Bonchev–Trinajstić information content (AvgIpc) is 2.97. The molecule has 0 spiro atoms. The summed E-state index contributed by atoms with van der Waals surface area (Å²) in [6, 6.07) is 6.20. The highest BCUT2D eigenvalue weighted by Gasteiger charge is 2.22. The Balaban J connectivity index is 0.00000176. The van der Waals surface area contributed by atoms with E-state index in [4.69, 9.17) is 4.74 Å². The summed E-state index contributed by atoms with van der Waals surface area (Å²) in [5.41, 5.74) is 1.32. The topological polar surface area (TPSA) is 63.2 Å². The molecule has 1 aromatic heterocycles. The number of anilines is 1. The van der Waals surface area contributed by atoms with Gasteiger partial charge in [0, 0.05) is 24.0 Å². The van der Waals surface area contributed by atoms with Crippen LogP contribution in [0.2, 0.25) is 0 Å². The Bertz CT molecular complexity index is 647. The van der Waals surface area contributed by atoms with Crippen LogP contribution in [0, 0.1) is 5.82 Å². The van der Waals surface area contributed by atoms with Crippen LogP contribution in [0.25, 0.3) is 11.3 Å². The van der Waals surface area contributed by atoms with Crippen LogP contribution >= 0.6 is 23.7 Å².